The van der Waals surface area contributed by atoms with Crippen LogP contribution in [0.4, 0.5) is 9.18 Å². The molecular formula is C23H20BrFN2O. The van der Waals surface area contributed by atoms with E-state index in [1.807, 2.05) is 54.6 Å². The van der Waals surface area contributed by atoms with Crippen molar-refractivity contribution in [1.29, 1.82) is 0 Å². The summed E-state index contributed by atoms with van der Waals surface area (Å²) in [5.74, 6) is -0.285. The van der Waals surface area contributed by atoms with Crippen molar-refractivity contribution < 1.29 is 9.18 Å². The molecule has 0 spiro atoms. The van der Waals surface area contributed by atoms with Gasteiger partial charge < -0.3 is 10.2 Å². The molecule has 3 aromatic rings. The predicted octanol–water partition coefficient (Wildman–Crippen LogP) is 5.60. The van der Waals surface area contributed by atoms with Crippen molar-refractivity contribution in [2.45, 2.75) is 25.6 Å². The summed E-state index contributed by atoms with van der Waals surface area (Å²) in [5, 5.41) is 3.10. The molecule has 1 atom stereocenters. The molecule has 0 radical (unpaired) electrons. The Morgan fingerprint density at radius 1 is 1.00 bits per heavy atom. The average molecular weight is 439 g/mol. The van der Waals surface area contributed by atoms with Crippen LogP contribution in [0.15, 0.2) is 77.3 Å². The van der Waals surface area contributed by atoms with Gasteiger partial charge in [0.2, 0.25) is 0 Å². The van der Waals surface area contributed by atoms with Gasteiger partial charge in [0, 0.05) is 17.6 Å². The number of carbonyl (C=O) groups excluding carboxylic acids is 1. The van der Waals surface area contributed by atoms with Crippen molar-refractivity contribution in [2.75, 3.05) is 0 Å². The largest absolute Gasteiger partial charge is 0.331 e. The fourth-order valence-electron chi connectivity index (χ4n) is 3.58. The second kappa shape index (κ2) is 8.15. The number of fused-ring (bicyclic) bond motifs is 1. The highest BCUT2D eigenvalue weighted by Gasteiger charge is 2.27. The van der Waals surface area contributed by atoms with Crippen molar-refractivity contribution in [3.63, 3.8) is 0 Å². The first-order valence-corrected chi connectivity index (χ1v) is 10.00. The number of rotatable bonds is 4. The summed E-state index contributed by atoms with van der Waals surface area (Å²) in [5.41, 5.74) is 3.96. The lowest BCUT2D eigenvalue weighted by atomic mass is 9.95. The van der Waals surface area contributed by atoms with Crippen molar-refractivity contribution in [3.8, 4) is 0 Å². The quantitative estimate of drug-likeness (QED) is 0.564. The van der Waals surface area contributed by atoms with E-state index in [4.69, 9.17) is 0 Å². The zero-order chi connectivity index (χ0) is 19.5. The van der Waals surface area contributed by atoms with Gasteiger partial charge in [0.05, 0.1) is 6.04 Å². The first kappa shape index (κ1) is 18.7. The summed E-state index contributed by atoms with van der Waals surface area (Å²) in [6.45, 7) is 0.941. The van der Waals surface area contributed by atoms with E-state index in [-0.39, 0.29) is 17.9 Å². The molecule has 3 aromatic carbocycles. The molecule has 142 valence electrons. The molecule has 1 N–H and O–H groups in total. The van der Waals surface area contributed by atoms with Gasteiger partial charge in [0.15, 0.2) is 0 Å². The summed E-state index contributed by atoms with van der Waals surface area (Å²) >= 11 is 3.43. The predicted molar refractivity (Wildman–Crippen MR) is 111 cm³/mol. The third kappa shape index (κ3) is 4.25. The Hall–Kier alpha value is -2.66. The third-order valence-corrected chi connectivity index (χ3v) is 5.53. The molecule has 0 aromatic heterocycles. The lowest BCUT2D eigenvalue weighted by molar-refractivity contribution is 0.191. The molecule has 3 nitrogen and oxygen atoms in total. The second-order valence-electron chi connectivity index (χ2n) is 7.02. The maximum absolute atomic E-state index is 14.0. The number of amides is 2. The number of hydrogen-bond acceptors (Lipinski definition) is 1. The zero-order valence-corrected chi connectivity index (χ0v) is 16.8. The highest BCUT2D eigenvalue weighted by molar-refractivity contribution is 9.10. The molecule has 2 amide bonds. The molecule has 1 unspecified atom stereocenters. The second-order valence-corrected chi connectivity index (χ2v) is 7.93. The van der Waals surface area contributed by atoms with Crippen LogP contribution in [-0.2, 0) is 19.5 Å². The number of nitrogens with one attached hydrogen (secondary N) is 1. The molecule has 1 aliphatic heterocycles. The fraction of sp³-hybridized carbons (Fsp3) is 0.174. The molecule has 28 heavy (non-hydrogen) atoms. The first-order chi connectivity index (χ1) is 13.6. The molecule has 1 heterocycles. The van der Waals surface area contributed by atoms with Crippen LogP contribution in [0.2, 0.25) is 0 Å². The standard InChI is InChI=1S/C23H20BrFN2O/c24-19-9-6-17(7-10-19)14-27-15-18-8-11-20(25)13-21(18)22(26-23(27)28)12-16-4-2-1-3-5-16/h1-11,13,22H,12,14-15H2,(H,26,28). The van der Waals surface area contributed by atoms with E-state index in [9.17, 15) is 9.18 Å². The van der Waals surface area contributed by atoms with Crippen molar-refractivity contribution in [3.05, 3.63) is 105 Å². The smallest absolute Gasteiger partial charge is 0.318 e. The Morgan fingerprint density at radius 3 is 2.50 bits per heavy atom. The average Bonchev–Trinajstić information content (AvgIpc) is 2.82. The number of halogens is 2. The molecule has 5 heteroatoms. The van der Waals surface area contributed by atoms with Gasteiger partial charge in [-0.1, -0.05) is 64.5 Å². The molecule has 0 aliphatic carbocycles. The lowest BCUT2D eigenvalue weighted by Gasteiger charge is -2.22. The lowest BCUT2D eigenvalue weighted by Crippen LogP contribution is -2.38. The normalized spacial score (nSPS) is 16.3. The highest BCUT2D eigenvalue weighted by Crippen LogP contribution is 2.28. The van der Waals surface area contributed by atoms with E-state index >= 15 is 0 Å². The van der Waals surface area contributed by atoms with Gasteiger partial charge in [0.1, 0.15) is 5.82 Å². The molecule has 0 bridgehead atoms. The molecule has 1 aliphatic rings. The van der Waals surface area contributed by atoms with Gasteiger partial charge >= 0.3 is 6.03 Å². The summed E-state index contributed by atoms with van der Waals surface area (Å²) in [6, 6.07) is 22.3. The van der Waals surface area contributed by atoms with Crippen LogP contribution in [0.3, 0.4) is 0 Å². The highest BCUT2D eigenvalue weighted by atomic mass is 79.9. The minimum atomic E-state index is -0.285. The monoisotopic (exact) mass is 438 g/mol. The van der Waals surface area contributed by atoms with Crippen LogP contribution in [0.5, 0.6) is 0 Å². The number of urea groups is 1. The minimum Gasteiger partial charge on any atom is -0.331 e. The fourth-order valence-corrected chi connectivity index (χ4v) is 3.84. The van der Waals surface area contributed by atoms with Crippen LogP contribution >= 0.6 is 15.9 Å². The molecular weight excluding hydrogens is 419 g/mol. The number of benzene rings is 3. The van der Waals surface area contributed by atoms with E-state index in [1.165, 1.54) is 6.07 Å². The van der Waals surface area contributed by atoms with Crippen molar-refractivity contribution in [1.82, 2.24) is 10.2 Å². The van der Waals surface area contributed by atoms with E-state index in [2.05, 4.69) is 21.2 Å². The Balaban J connectivity index is 1.63. The van der Waals surface area contributed by atoms with Crippen molar-refractivity contribution in [2.24, 2.45) is 0 Å². The van der Waals surface area contributed by atoms with Gasteiger partial charge in [-0.2, -0.15) is 0 Å². The number of nitrogens with zero attached hydrogens (tertiary/aromatic N) is 1. The van der Waals surface area contributed by atoms with Gasteiger partial charge in [-0.05, 0) is 52.9 Å². The molecule has 0 fully saturated rings. The summed E-state index contributed by atoms with van der Waals surface area (Å²) in [7, 11) is 0. The van der Waals surface area contributed by atoms with Gasteiger partial charge in [0.25, 0.3) is 0 Å². The number of hydrogen-bond donors (Lipinski definition) is 1. The maximum Gasteiger partial charge on any atom is 0.318 e. The summed E-state index contributed by atoms with van der Waals surface area (Å²) in [6.07, 6.45) is 0.620. The van der Waals surface area contributed by atoms with E-state index < -0.39 is 0 Å². The van der Waals surface area contributed by atoms with Gasteiger partial charge in [-0.3, -0.25) is 0 Å². The van der Waals surface area contributed by atoms with Crippen LogP contribution in [0.25, 0.3) is 0 Å². The topological polar surface area (TPSA) is 32.3 Å². The molecule has 4 rings (SSSR count). The van der Waals surface area contributed by atoms with Crippen LogP contribution in [0, 0.1) is 5.82 Å². The third-order valence-electron chi connectivity index (χ3n) is 5.00. The maximum atomic E-state index is 14.0. The summed E-state index contributed by atoms with van der Waals surface area (Å²) in [4.78, 5) is 14.7. The van der Waals surface area contributed by atoms with E-state index in [1.54, 1.807) is 17.0 Å². The molecule has 0 saturated carbocycles. The van der Waals surface area contributed by atoms with Crippen molar-refractivity contribution >= 4 is 22.0 Å². The molecule has 0 saturated heterocycles. The Labute approximate surface area is 172 Å². The van der Waals surface area contributed by atoms with Crippen LogP contribution in [0.1, 0.15) is 28.3 Å². The van der Waals surface area contributed by atoms with Gasteiger partial charge in [-0.15, -0.1) is 0 Å². The van der Waals surface area contributed by atoms with Crippen LogP contribution < -0.4 is 5.32 Å². The Bertz CT molecular complexity index is 976. The van der Waals surface area contributed by atoms with E-state index in [0.717, 1.165) is 26.7 Å². The Morgan fingerprint density at radius 2 is 1.75 bits per heavy atom. The number of carbonyl (C=O) groups is 1. The van der Waals surface area contributed by atoms with Crippen LogP contribution in [-0.4, -0.2) is 10.9 Å². The minimum absolute atomic E-state index is 0.138. The Kier molecular flexibility index (Phi) is 5.44. The first-order valence-electron chi connectivity index (χ1n) is 9.20. The van der Waals surface area contributed by atoms with E-state index in [0.29, 0.717) is 19.5 Å². The van der Waals surface area contributed by atoms with Gasteiger partial charge in [-0.25, -0.2) is 9.18 Å². The zero-order valence-electron chi connectivity index (χ0n) is 15.2. The SMILES string of the molecule is O=C1NC(Cc2ccccc2)c2cc(F)ccc2CN1Cc1ccc(Br)cc1. The summed E-state index contributed by atoms with van der Waals surface area (Å²) < 4.78 is 15.0.